The number of hydrogen-bond donors (Lipinski definition) is 0. The van der Waals surface area contributed by atoms with E-state index in [0.29, 0.717) is 17.5 Å². The highest BCUT2D eigenvalue weighted by molar-refractivity contribution is 6.33. The number of rotatable bonds is 5. The molecular formula is C56H34N4. The Kier molecular flexibility index (Phi) is 7.82. The molecule has 0 aliphatic rings. The number of hydrogen-bond acceptors (Lipinski definition) is 4. The molecule has 0 aliphatic heterocycles. The maximum Gasteiger partial charge on any atom is 0.165 e. The summed E-state index contributed by atoms with van der Waals surface area (Å²) in [4.78, 5) is 20.3. The van der Waals surface area contributed by atoms with Crippen molar-refractivity contribution in [3.05, 3.63) is 207 Å². The second kappa shape index (κ2) is 13.8. The highest BCUT2D eigenvalue weighted by atomic mass is 15.0. The van der Waals surface area contributed by atoms with Crippen molar-refractivity contribution in [1.82, 2.24) is 19.9 Å². The van der Waals surface area contributed by atoms with Crippen LogP contribution in [0.5, 0.6) is 0 Å². The van der Waals surface area contributed by atoms with Crippen LogP contribution in [-0.2, 0) is 0 Å². The minimum Gasteiger partial charge on any atom is -0.264 e. The van der Waals surface area contributed by atoms with Crippen molar-refractivity contribution < 1.29 is 0 Å². The smallest absolute Gasteiger partial charge is 0.165 e. The van der Waals surface area contributed by atoms with Gasteiger partial charge in [0.15, 0.2) is 17.5 Å². The molecule has 2 aromatic heterocycles. The van der Waals surface area contributed by atoms with E-state index >= 15 is 0 Å². The monoisotopic (exact) mass is 762 g/mol. The lowest BCUT2D eigenvalue weighted by Crippen LogP contribution is -2.01. The van der Waals surface area contributed by atoms with Crippen LogP contribution in [0.1, 0.15) is 0 Å². The second-order valence-corrected chi connectivity index (χ2v) is 15.3. The molecule has 10 aromatic carbocycles. The molecule has 0 N–H and O–H groups in total. The standard InChI is InChI=1S/C56H34N4/c1-3-16-35(17-4-1)54-58-55(36-18-5-2-6-19-36)60-56(59-54)53-46-28-14-13-27-45(46)51(38-20-15-31-57-34-38)47-30-29-37(32-49(47)53)48-33-50-41-23-8-7-21-39(41)40-22-9-11-25-43(40)52(50)44-26-12-10-24-42(44)48/h1-34H. The van der Waals surface area contributed by atoms with Gasteiger partial charge in [0.05, 0.1) is 0 Å². The van der Waals surface area contributed by atoms with Gasteiger partial charge in [0, 0.05) is 34.6 Å². The fraction of sp³-hybridized carbons (Fsp3) is 0. The summed E-state index contributed by atoms with van der Waals surface area (Å²) in [6.45, 7) is 0. The predicted molar refractivity (Wildman–Crippen MR) is 250 cm³/mol. The van der Waals surface area contributed by atoms with E-state index in [-0.39, 0.29) is 0 Å². The topological polar surface area (TPSA) is 51.6 Å². The summed E-state index contributed by atoms with van der Waals surface area (Å²) in [5, 5.41) is 14.3. The average Bonchev–Trinajstić information content (AvgIpc) is 3.33. The molecule has 4 nitrogen and oxygen atoms in total. The Morgan fingerprint density at radius 2 is 0.733 bits per heavy atom. The molecule has 0 saturated carbocycles. The summed E-state index contributed by atoms with van der Waals surface area (Å²) < 4.78 is 0. The van der Waals surface area contributed by atoms with E-state index in [9.17, 15) is 0 Å². The predicted octanol–water partition coefficient (Wildman–Crippen LogP) is 14.5. The van der Waals surface area contributed by atoms with E-state index < -0.39 is 0 Å². The van der Waals surface area contributed by atoms with E-state index in [1.165, 1.54) is 48.7 Å². The first-order valence-electron chi connectivity index (χ1n) is 20.3. The first kappa shape index (κ1) is 34.0. The van der Waals surface area contributed by atoms with Gasteiger partial charge in [-0.15, -0.1) is 0 Å². The molecule has 4 heteroatoms. The highest BCUT2D eigenvalue weighted by Crippen LogP contribution is 2.47. The minimum absolute atomic E-state index is 0.625. The number of aromatic nitrogens is 4. The largest absolute Gasteiger partial charge is 0.264 e. The Morgan fingerprint density at radius 1 is 0.267 bits per heavy atom. The van der Waals surface area contributed by atoms with Crippen molar-refractivity contribution in [2.45, 2.75) is 0 Å². The molecule has 2 heterocycles. The van der Waals surface area contributed by atoms with Crippen LogP contribution in [0.15, 0.2) is 207 Å². The van der Waals surface area contributed by atoms with Crippen LogP contribution in [0, 0.1) is 0 Å². The third kappa shape index (κ3) is 5.39. The summed E-state index contributed by atoms with van der Waals surface area (Å²) in [6.07, 6.45) is 3.80. The fourth-order valence-corrected chi connectivity index (χ4v) is 9.33. The molecule has 0 bridgehead atoms. The van der Waals surface area contributed by atoms with Crippen molar-refractivity contribution in [2.24, 2.45) is 0 Å². The van der Waals surface area contributed by atoms with Crippen LogP contribution >= 0.6 is 0 Å². The van der Waals surface area contributed by atoms with Crippen molar-refractivity contribution in [3.63, 3.8) is 0 Å². The number of benzene rings is 10. The molecule has 0 fully saturated rings. The molecule has 0 aliphatic carbocycles. The van der Waals surface area contributed by atoms with Gasteiger partial charge < -0.3 is 0 Å². The van der Waals surface area contributed by atoms with Gasteiger partial charge in [-0.3, -0.25) is 4.98 Å². The van der Waals surface area contributed by atoms with Crippen LogP contribution in [0.3, 0.4) is 0 Å². The zero-order valence-electron chi connectivity index (χ0n) is 32.4. The Labute approximate surface area is 346 Å². The lowest BCUT2D eigenvalue weighted by molar-refractivity contribution is 1.08. The van der Waals surface area contributed by atoms with Gasteiger partial charge in [0.25, 0.3) is 0 Å². The lowest BCUT2D eigenvalue weighted by Gasteiger charge is -2.19. The molecule has 12 aromatic rings. The Bertz CT molecular complexity index is 3580. The Balaban J connectivity index is 1.22. The molecule has 0 saturated heterocycles. The fourth-order valence-electron chi connectivity index (χ4n) is 9.33. The summed E-state index contributed by atoms with van der Waals surface area (Å²) >= 11 is 0. The van der Waals surface area contributed by atoms with E-state index in [2.05, 4.69) is 157 Å². The molecule has 0 atom stereocenters. The van der Waals surface area contributed by atoms with Crippen molar-refractivity contribution in [3.8, 4) is 56.4 Å². The molecule has 12 rings (SSSR count). The average molecular weight is 763 g/mol. The maximum atomic E-state index is 5.32. The first-order chi connectivity index (χ1) is 29.8. The zero-order valence-corrected chi connectivity index (χ0v) is 32.4. The van der Waals surface area contributed by atoms with Crippen LogP contribution in [0.2, 0.25) is 0 Å². The van der Waals surface area contributed by atoms with Gasteiger partial charge in [-0.05, 0) is 99.5 Å². The quantitative estimate of drug-likeness (QED) is 0.129. The van der Waals surface area contributed by atoms with E-state index in [1.54, 1.807) is 0 Å². The molecular weight excluding hydrogens is 729 g/mol. The van der Waals surface area contributed by atoms with E-state index in [4.69, 9.17) is 15.0 Å². The summed E-state index contributed by atoms with van der Waals surface area (Å²) in [5.74, 6) is 1.88. The normalized spacial score (nSPS) is 11.7. The summed E-state index contributed by atoms with van der Waals surface area (Å²) in [7, 11) is 0. The van der Waals surface area contributed by atoms with Crippen molar-refractivity contribution >= 4 is 64.6 Å². The second-order valence-electron chi connectivity index (χ2n) is 15.3. The summed E-state index contributed by atoms with van der Waals surface area (Å²) in [6, 6.07) is 69.0. The lowest BCUT2D eigenvalue weighted by atomic mass is 9.85. The van der Waals surface area contributed by atoms with Crippen molar-refractivity contribution in [1.29, 1.82) is 0 Å². The SMILES string of the molecule is c1ccc(-c2nc(-c3ccccc3)nc(-c3c4ccccc4c(-c4cccnc4)c4ccc(-c5cc6c7ccccc7c7ccccc7c6c6ccccc56)cc34)n2)cc1. The molecule has 0 unspecified atom stereocenters. The third-order valence-corrected chi connectivity index (χ3v) is 12.0. The molecule has 278 valence electrons. The van der Waals surface area contributed by atoms with Crippen LogP contribution in [-0.4, -0.2) is 19.9 Å². The molecule has 0 amide bonds. The molecule has 60 heavy (non-hydrogen) atoms. The van der Waals surface area contributed by atoms with Gasteiger partial charge in [0.1, 0.15) is 0 Å². The maximum absolute atomic E-state index is 5.32. The third-order valence-electron chi connectivity index (χ3n) is 12.0. The van der Waals surface area contributed by atoms with Gasteiger partial charge >= 0.3 is 0 Å². The number of pyridine rings is 1. The van der Waals surface area contributed by atoms with Crippen molar-refractivity contribution in [2.75, 3.05) is 0 Å². The van der Waals surface area contributed by atoms with Gasteiger partial charge in [-0.2, -0.15) is 0 Å². The van der Waals surface area contributed by atoms with Gasteiger partial charge in [-0.25, -0.2) is 15.0 Å². The van der Waals surface area contributed by atoms with Gasteiger partial charge in [0.2, 0.25) is 0 Å². The highest BCUT2D eigenvalue weighted by Gasteiger charge is 2.22. The minimum atomic E-state index is 0.625. The number of fused-ring (bicyclic) bond motifs is 10. The Hall–Kier alpha value is -8.08. The molecule has 0 spiro atoms. The Morgan fingerprint density at radius 3 is 1.35 bits per heavy atom. The van der Waals surface area contributed by atoms with Crippen LogP contribution in [0.4, 0.5) is 0 Å². The van der Waals surface area contributed by atoms with Crippen LogP contribution in [0.25, 0.3) is 121 Å². The number of nitrogens with zero attached hydrogens (tertiary/aromatic N) is 4. The van der Waals surface area contributed by atoms with E-state index in [0.717, 1.165) is 54.9 Å². The van der Waals surface area contributed by atoms with E-state index in [1.807, 2.05) is 54.9 Å². The first-order valence-corrected chi connectivity index (χ1v) is 20.3. The van der Waals surface area contributed by atoms with Crippen LogP contribution < -0.4 is 0 Å². The summed E-state index contributed by atoms with van der Waals surface area (Å²) in [5.41, 5.74) is 7.31. The zero-order chi connectivity index (χ0) is 39.6. The van der Waals surface area contributed by atoms with Gasteiger partial charge in [-0.1, -0.05) is 176 Å². The molecule has 0 radical (unpaired) electrons.